The van der Waals surface area contributed by atoms with E-state index >= 15 is 0 Å². The first-order valence-electron chi connectivity index (χ1n) is 2.51. The van der Waals surface area contributed by atoms with Crippen molar-refractivity contribution >= 4 is 8.25 Å². The monoisotopic (exact) mass is 154 g/mol. The molecule has 5 heteroatoms. The van der Waals surface area contributed by atoms with Crippen LogP contribution in [0.4, 0.5) is 0 Å². The lowest BCUT2D eigenvalue weighted by molar-refractivity contribution is 0.0387. The Morgan fingerprint density at radius 2 is 2.11 bits per heavy atom. The molecule has 0 bridgehead atoms. The molecule has 0 aromatic rings. The number of hydrogen-bond donors (Lipinski definition) is 2. The van der Waals surface area contributed by atoms with Crippen LogP contribution in [0.5, 0.6) is 0 Å². The fourth-order valence-corrected chi connectivity index (χ4v) is 0.806. The number of aliphatic hydroxyl groups excluding tert-OH is 1. The van der Waals surface area contributed by atoms with Gasteiger partial charge in [0.1, 0.15) is 0 Å². The predicted octanol–water partition coefficient (Wildman–Crippen LogP) is 0.156. The van der Waals surface area contributed by atoms with Gasteiger partial charge in [0.2, 0.25) is 0 Å². The summed E-state index contributed by atoms with van der Waals surface area (Å²) in [6, 6.07) is 0. The molecule has 0 fully saturated rings. The molecular formula is C4H11O4P. The third-order valence-electron chi connectivity index (χ3n) is 0.744. The van der Waals surface area contributed by atoms with Crippen molar-refractivity contribution in [3.05, 3.63) is 0 Å². The van der Waals surface area contributed by atoms with Gasteiger partial charge in [-0.15, -0.1) is 0 Å². The maximum absolute atomic E-state index is 10.0. The zero-order chi connectivity index (χ0) is 7.49. The van der Waals surface area contributed by atoms with Crippen LogP contribution in [0.3, 0.4) is 0 Å². The standard InChI is InChI=1S/C4H11O4P/c1-4(2,3-5)8-9(6)7/h5,9H,3H2,1-2H3,(H,6,7). The predicted molar refractivity (Wildman–Crippen MR) is 33.5 cm³/mol. The Balaban J connectivity index is 3.71. The van der Waals surface area contributed by atoms with Crippen molar-refractivity contribution in [1.29, 1.82) is 0 Å². The summed E-state index contributed by atoms with van der Waals surface area (Å²) in [5.41, 5.74) is -0.898. The molecule has 1 atom stereocenters. The van der Waals surface area contributed by atoms with Crippen molar-refractivity contribution in [3.63, 3.8) is 0 Å². The first-order chi connectivity index (χ1) is 3.98. The summed E-state index contributed by atoms with van der Waals surface area (Å²) < 4.78 is 14.5. The molecule has 2 N–H and O–H groups in total. The SMILES string of the molecule is CC(C)(CO)O[PH](=O)O. The first kappa shape index (κ1) is 9.11. The highest BCUT2D eigenvalue weighted by Gasteiger charge is 2.18. The van der Waals surface area contributed by atoms with Gasteiger partial charge in [0.05, 0.1) is 12.2 Å². The topological polar surface area (TPSA) is 66.8 Å². The highest BCUT2D eigenvalue weighted by atomic mass is 31.1. The van der Waals surface area contributed by atoms with Crippen molar-refractivity contribution in [2.24, 2.45) is 0 Å². The van der Waals surface area contributed by atoms with Crippen molar-refractivity contribution in [2.45, 2.75) is 19.4 Å². The molecule has 0 rings (SSSR count). The number of hydrogen-bond acceptors (Lipinski definition) is 3. The molecule has 1 unspecified atom stereocenters. The summed E-state index contributed by atoms with van der Waals surface area (Å²) in [4.78, 5) is 8.23. The van der Waals surface area contributed by atoms with Gasteiger partial charge in [-0.2, -0.15) is 0 Å². The highest BCUT2D eigenvalue weighted by Crippen LogP contribution is 2.24. The summed E-state index contributed by atoms with van der Waals surface area (Å²) >= 11 is 0. The van der Waals surface area contributed by atoms with Gasteiger partial charge in [-0.25, -0.2) is 0 Å². The summed E-state index contributed by atoms with van der Waals surface area (Å²) in [6.07, 6.45) is 0. The van der Waals surface area contributed by atoms with Crippen LogP contribution in [0.25, 0.3) is 0 Å². The molecule has 0 aliphatic heterocycles. The molecule has 4 nitrogen and oxygen atoms in total. The Bertz CT molecular complexity index is 111. The van der Waals surface area contributed by atoms with Crippen LogP contribution in [0.2, 0.25) is 0 Å². The summed E-state index contributed by atoms with van der Waals surface area (Å²) in [5, 5.41) is 8.48. The lowest BCUT2D eigenvalue weighted by Crippen LogP contribution is -2.25. The molecular weight excluding hydrogens is 143 g/mol. The van der Waals surface area contributed by atoms with Gasteiger partial charge in [0.15, 0.2) is 0 Å². The van der Waals surface area contributed by atoms with Gasteiger partial charge >= 0.3 is 8.25 Å². The van der Waals surface area contributed by atoms with Crippen LogP contribution >= 0.6 is 8.25 Å². The fraction of sp³-hybridized carbons (Fsp3) is 1.00. The average molecular weight is 154 g/mol. The fourth-order valence-electron chi connectivity index (χ4n) is 0.269. The Labute approximate surface area is 54.4 Å². The largest absolute Gasteiger partial charge is 0.393 e. The smallest absolute Gasteiger partial charge is 0.317 e. The Kier molecular flexibility index (Phi) is 3.36. The van der Waals surface area contributed by atoms with Gasteiger partial charge in [0, 0.05) is 0 Å². The summed E-state index contributed by atoms with van der Waals surface area (Å²) in [7, 11) is -2.91. The minimum absolute atomic E-state index is 0.260. The third kappa shape index (κ3) is 4.60. The highest BCUT2D eigenvalue weighted by molar-refractivity contribution is 7.32. The van der Waals surface area contributed by atoms with Crippen LogP contribution in [0.1, 0.15) is 13.8 Å². The minimum atomic E-state index is -2.91. The molecule has 0 saturated carbocycles. The van der Waals surface area contributed by atoms with E-state index in [0.29, 0.717) is 0 Å². The van der Waals surface area contributed by atoms with Gasteiger partial charge < -0.3 is 14.5 Å². The third-order valence-corrected chi connectivity index (χ3v) is 1.47. The minimum Gasteiger partial charge on any atom is -0.393 e. The molecule has 0 spiro atoms. The normalized spacial score (nSPS) is 15.6. The summed E-state index contributed by atoms with van der Waals surface area (Å²) in [6.45, 7) is 2.81. The molecule has 0 radical (unpaired) electrons. The van der Waals surface area contributed by atoms with Crippen LogP contribution in [-0.4, -0.2) is 22.2 Å². The zero-order valence-corrected chi connectivity index (χ0v) is 6.42. The molecule has 9 heavy (non-hydrogen) atoms. The van der Waals surface area contributed by atoms with Gasteiger partial charge in [-0.1, -0.05) is 0 Å². The molecule has 0 aromatic carbocycles. The lowest BCUT2D eigenvalue weighted by Gasteiger charge is -2.19. The summed E-state index contributed by atoms with van der Waals surface area (Å²) in [5.74, 6) is 0. The molecule has 0 aliphatic carbocycles. The first-order valence-corrected chi connectivity index (χ1v) is 3.77. The Morgan fingerprint density at radius 3 is 2.22 bits per heavy atom. The molecule has 56 valence electrons. The van der Waals surface area contributed by atoms with E-state index in [9.17, 15) is 4.57 Å². The van der Waals surface area contributed by atoms with Crippen molar-refractivity contribution < 1.29 is 19.1 Å². The van der Waals surface area contributed by atoms with Gasteiger partial charge in [-0.3, -0.25) is 4.57 Å². The van der Waals surface area contributed by atoms with E-state index in [1.165, 1.54) is 13.8 Å². The van der Waals surface area contributed by atoms with E-state index in [1.807, 2.05) is 0 Å². The van der Waals surface area contributed by atoms with E-state index in [2.05, 4.69) is 4.52 Å². The average Bonchev–Trinajstić information content (AvgIpc) is 1.63. The maximum Gasteiger partial charge on any atom is 0.317 e. The Morgan fingerprint density at radius 1 is 1.67 bits per heavy atom. The molecule has 0 saturated heterocycles. The molecule has 0 heterocycles. The van der Waals surface area contributed by atoms with E-state index in [1.54, 1.807) is 0 Å². The van der Waals surface area contributed by atoms with Crippen LogP contribution < -0.4 is 0 Å². The van der Waals surface area contributed by atoms with Crippen molar-refractivity contribution in [1.82, 2.24) is 0 Å². The second-order valence-electron chi connectivity index (χ2n) is 2.29. The molecule has 0 aromatic heterocycles. The van der Waals surface area contributed by atoms with Gasteiger partial charge in [-0.05, 0) is 13.8 Å². The van der Waals surface area contributed by atoms with Crippen molar-refractivity contribution in [3.8, 4) is 0 Å². The van der Waals surface area contributed by atoms with Crippen LogP contribution in [0, 0.1) is 0 Å². The Hall–Kier alpha value is 0.110. The number of rotatable bonds is 3. The van der Waals surface area contributed by atoms with E-state index in [0.717, 1.165) is 0 Å². The molecule has 0 amide bonds. The van der Waals surface area contributed by atoms with Crippen LogP contribution in [-0.2, 0) is 9.09 Å². The van der Waals surface area contributed by atoms with E-state index < -0.39 is 13.9 Å². The van der Waals surface area contributed by atoms with Crippen molar-refractivity contribution in [2.75, 3.05) is 6.61 Å². The van der Waals surface area contributed by atoms with E-state index in [4.69, 9.17) is 10.00 Å². The quantitative estimate of drug-likeness (QED) is 0.568. The molecule has 0 aliphatic rings. The zero-order valence-electron chi connectivity index (χ0n) is 5.42. The maximum atomic E-state index is 10.0. The second kappa shape index (κ2) is 3.32. The number of aliphatic hydroxyl groups is 1. The lowest BCUT2D eigenvalue weighted by atomic mass is 10.2. The second-order valence-corrected chi connectivity index (χ2v) is 3.02. The van der Waals surface area contributed by atoms with Crippen LogP contribution in [0.15, 0.2) is 0 Å². The van der Waals surface area contributed by atoms with Gasteiger partial charge in [0.25, 0.3) is 0 Å². The van der Waals surface area contributed by atoms with E-state index in [-0.39, 0.29) is 6.61 Å².